The van der Waals surface area contributed by atoms with Crippen molar-refractivity contribution in [3.8, 4) is 0 Å². The number of hydrogen-bond acceptors (Lipinski definition) is 2. The van der Waals surface area contributed by atoms with Crippen molar-refractivity contribution in [3.05, 3.63) is 23.2 Å². The number of furan rings is 1. The smallest absolute Gasteiger partial charge is 0.105 e. The highest BCUT2D eigenvalue weighted by Crippen LogP contribution is 2.24. The van der Waals surface area contributed by atoms with Crippen molar-refractivity contribution in [1.29, 1.82) is 0 Å². The van der Waals surface area contributed by atoms with Crippen LogP contribution in [0.3, 0.4) is 0 Å². The lowest BCUT2D eigenvalue weighted by atomic mass is 10.0. The van der Waals surface area contributed by atoms with Gasteiger partial charge in [0, 0.05) is 11.6 Å². The molecule has 0 saturated carbocycles. The van der Waals surface area contributed by atoms with Gasteiger partial charge in [-0.05, 0) is 26.3 Å². The molecule has 0 aliphatic heterocycles. The average molecular weight is 265 g/mol. The molecule has 1 aromatic rings. The first-order chi connectivity index (χ1) is 9.15. The van der Waals surface area contributed by atoms with E-state index in [9.17, 15) is 0 Å². The summed E-state index contributed by atoms with van der Waals surface area (Å²) < 4.78 is 5.54. The topological polar surface area (TPSA) is 39.2 Å². The van der Waals surface area contributed by atoms with E-state index >= 15 is 0 Å². The second-order valence-electron chi connectivity index (χ2n) is 5.74. The Balaban J connectivity index is 2.08. The molecular weight excluding hydrogens is 234 g/mol. The number of rotatable bonds is 10. The quantitative estimate of drug-likeness (QED) is 0.573. The highest BCUT2D eigenvalue weighted by Gasteiger charge is 2.12. The Morgan fingerprint density at radius 3 is 2.11 bits per heavy atom. The number of hydrogen-bond donors (Lipinski definition) is 1. The van der Waals surface area contributed by atoms with E-state index < -0.39 is 0 Å². The first kappa shape index (κ1) is 16.3. The molecule has 19 heavy (non-hydrogen) atoms. The van der Waals surface area contributed by atoms with E-state index in [4.69, 9.17) is 10.2 Å². The molecule has 0 aromatic carbocycles. The van der Waals surface area contributed by atoms with Gasteiger partial charge in [-0.15, -0.1) is 0 Å². The molecule has 0 aliphatic carbocycles. The highest BCUT2D eigenvalue weighted by atomic mass is 16.3. The van der Waals surface area contributed by atoms with Gasteiger partial charge >= 0.3 is 0 Å². The third-order valence-corrected chi connectivity index (χ3v) is 3.85. The predicted octanol–water partition coefficient (Wildman–Crippen LogP) is 5.43. The van der Waals surface area contributed by atoms with Gasteiger partial charge < -0.3 is 10.2 Å². The van der Waals surface area contributed by atoms with E-state index in [1.165, 1.54) is 56.9 Å². The second-order valence-corrected chi connectivity index (χ2v) is 5.74. The highest BCUT2D eigenvalue weighted by molar-refractivity contribution is 5.23. The molecule has 0 radical (unpaired) electrons. The lowest BCUT2D eigenvalue weighted by Gasteiger charge is -2.10. The van der Waals surface area contributed by atoms with Gasteiger partial charge in [-0.1, -0.05) is 58.3 Å². The molecule has 110 valence electrons. The second kappa shape index (κ2) is 9.19. The van der Waals surface area contributed by atoms with Crippen LogP contribution in [-0.2, 0) is 0 Å². The monoisotopic (exact) mass is 265 g/mol. The number of unbranched alkanes of at least 4 members (excludes halogenated alkanes) is 7. The molecule has 1 atom stereocenters. The lowest BCUT2D eigenvalue weighted by Crippen LogP contribution is -2.10. The van der Waals surface area contributed by atoms with E-state index in [1.54, 1.807) is 0 Å². The van der Waals surface area contributed by atoms with Gasteiger partial charge in [0.05, 0.1) is 0 Å². The summed E-state index contributed by atoms with van der Waals surface area (Å²) in [5.41, 5.74) is 7.42. The van der Waals surface area contributed by atoms with Gasteiger partial charge in [0.2, 0.25) is 0 Å². The van der Waals surface area contributed by atoms with Crippen LogP contribution in [0.25, 0.3) is 0 Å². The summed E-state index contributed by atoms with van der Waals surface area (Å²) in [4.78, 5) is 0. The van der Waals surface area contributed by atoms with Gasteiger partial charge in [-0.2, -0.15) is 0 Å². The van der Waals surface area contributed by atoms with Gasteiger partial charge in [-0.25, -0.2) is 0 Å². The standard InChI is InChI=1S/C17H31NO/c1-4-5-6-7-8-9-10-11-12-17(18)16-13-14(2)19-15(16)3/h13,17H,4-12,18H2,1-3H3. The van der Waals surface area contributed by atoms with E-state index in [2.05, 4.69) is 13.0 Å². The van der Waals surface area contributed by atoms with Crippen molar-refractivity contribution in [2.75, 3.05) is 0 Å². The molecule has 2 heteroatoms. The Morgan fingerprint density at radius 1 is 1.00 bits per heavy atom. The Labute approximate surface area is 118 Å². The maximum absolute atomic E-state index is 6.23. The van der Waals surface area contributed by atoms with Crippen molar-refractivity contribution < 1.29 is 4.42 Å². The van der Waals surface area contributed by atoms with E-state index in [-0.39, 0.29) is 6.04 Å². The van der Waals surface area contributed by atoms with Crippen LogP contribution in [0.5, 0.6) is 0 Å². The molecule has 0 spiro atoms. The molecular formula is C17H31NO. The summed E-state index contributed by atoms with van der Waals surface area (Å²) in [5, 5.41) is 0. The first-order valence-corrected chi connectivity index (χ1v) is 7.97. The van der Waals surface area contributed by atoms with Crippen molar-refractivity contribution in [1.82, 2.24) is 0 Å². The molecule has 2 nitrogen and oxygen atoms in total. The fraction of sp³-hybridized carbons (Fsp3) is 0.765. The van der Waals surface area contributed by atoms with E-state index in [0.29, 0.717) is 0 Å². The molecule has 0 fully saturated rings. The van der Waals surface area contributed by atoms with Crippen LogP contribution in [0.1, 0.15) is 87.8 Å². The summed E-state index contributed by atoms with van der Waals surface area (Å²) in [6.07, 6.45) is 11.9. The third-order valence-electron chi connectivity index (χ3n) is 3.85. The van der Waals surface area contributed by atoms with E-state index in [0.717, 1.165) is 17.9 Å². The summed E-state index contributed by atoms with van der Waals surface area (Å²) in [7, 11) is 0. The van der Waals surface area contributed by atoms with Gasteiger partial charge in [0.1, 0.15) is 11.5 Å². The van der Waals surface area contributed by atoms with Crippen LogP contribution in [0.4, 0.5) is 0 Å². The fourth-order valence-corrected chi connectivity index (χ4v) is 2.67. The summed E-state index contributed by atoms with van der Waals surface area (Å²) in [6.45, 7) is 6.26. The Morgan fingerprint density at radius 2 is 1.58 bits per heavy atom. The lowest BCUT2D eigenvalue weighted by molar-refractivity contribution is 0.490. The van der Waals surface area contributed by atoms with Crippen LogP contribution >= 0.6 is 0 Å². The molecule has 0 saturated heterocycles. The zero-order chi connectivity index (χ0) is 14.1. The van der Waals surface area contributed by atoms with Crippen molar-refractivity contribution in [2.24, 2.45) is 5.73 Å². The Kier molecular flexibility index (Phi) is 7.88. The van der Waals surface area contributed by atoms with Crippen molar-refractivity contribution in [3.63, 3.8) is 0 Å². The number of aryl methyl sites for hydroxylation is 2. The molecule has 2 N–H and O–H groups in total. The number of nitrogens with two attached hydrogens (primary N) is 1. The SMILES string of the molecule is CCCCCCCCCCC(N)c1cc(C)oc1C. The predicted molar refractivity (Wildman–Crippen MR) is 82.3 cm³/mol. The summed E-state index contributed by atoms with van der Waals surface area (Å²) in [5.74, 6) is 1.96. The van der Waals surface area contributed by atoms with Gasteiger partial charge in [0.15, 0.2) is 0 Å². The largest absolute Gasteiger partial charge is 0.466 e. The van der Waals surface area contributed by atoms with Crippen LogP contribution in [0.2, 0.25) is 0 Å². The Bertz CT molecular complexity index is 343. The average Bonchev–Trinajstić information content (AvgIpc) is 2.71. The van der Waals surface area contributed by atoms with Crippen molar-refractivity contribution in [2.45, 2.75) is 84.6 Å². The van der Waals surface area contributed by atoms with Crippen LogP contribution in [0, 0.1) is 13.8 Å². The van der Waals surface area contributed by atoms with Crippen LogP contribution in [-0.4, -0.2) is 0 Å². The van der Waals surface area contributed by atoms with Crippen molar-refractivity contribution >= 4 is 0 Å². The Hall–Kier alpha value is -0.760. The summed E-state index contributed by atoms with van der Waals surface area (Å²) >= 11 is 0. The van der Waals surface area contributed by atoms with Gasteiger partial charge in [0.25, 0.3) is 0 Å². The fourth-order valence-electron chi connectivity index (χ4n) is 2.67. The minimum absolute atomic E-state index is 0.151. The molecule has 0 amide bonds. The molecule has 1 unspecified atom stereocenters. The molecule has 1 rings (SSSR count). The first-order valence-electron chi connectivity index (χ1n) is 7.97. The third kappa shape index (κ3) is 6.29. The zero-order valence-electron chi connectivity index (χ0n) is 13.0. The molecule has 0 aliphatic rings. The maximum atomic E-state index is 6.23. The van der Waals surface area contributed by atoms with E-state index in [1.807, 2.05) is 13.8 Å². The molecule has 0 bridgehead atoms. The molecule has 1 heterocycles. The minimum Gasteiger partial charge on any atom is -0.466 e. The van der Waals surface area contributed by atoms with Gasteiger partial charge in [-0.3, -0.25) is 0 Å². The normalized spacial score (nSPS) is 12.8. The maximum Gasteiger partial charge on any atom is 0.105 e. The van der Waals surface area contributed by atoms with Crippen LogP contribution < -0.4 is 5.73 Å². The van der Waals surface area contributed by atoms with Crippen LogP contribution in [0.15, 0.2) is 10.5 Å². The zero-order valence-corrected chi connectivity index (χ0v) is 13.0. The summed E-state index contributed by atoms with van der Waals surface area (Å²) in [6, 6.07) is 2.24. The molecule has 1 aromatic heterocycles. The minimum atomic E-state index is 0.151.